The monoisotopic (exact) mass is 339 g/mol. The first kappa shape index (κ1) is 15.9. The summed E-state index contributed by atoms with van der Waals surface area (Å²) >= 11 is 0. The van der Waals surface area contributed by atoms with Crippen LogP contribution in [-0.2, 0) is 11.3 Å². The number of furan rings is 1. The van der Waals surface area contributed by atoms with Crippen LogP contribution in [0.15, 0.2) is 40.8 Å². The summed E-state index contributed by atoms with van der Waals surface area (Å²) in [6.07, 6.45) is 2.24. The second-order valence-electron chi connectivity index (χ2n) is 6.47. The van der Waals surface area contributed by atoms with Crippen molar-refractivity contribution in [2.24, 2.45) is 0 Å². The molecular weight excluding hydrogens is 318 g/mol. The first-order chi connectivity index (χ1) is 12.2. The number of nitrogens with one attached hydrogen (secondary N) is 1. The van der Waals surface area contributed by atoms with E-state index in [-0.39, 0.29) is 5.76 Å². The number of hydrogen-bond acceptors (Lipinski definition) is 5. The summed E-state index contributed by atoms with van der Waals surface area (Å²) in [5.74, 6) is 2.04. The Morgan fingerprint density at radius 2 is 2.24 bits per heavy atom. The quantitative estimate of drug-likeness (QED) is 0.738. The van der Waals surface area contributed by atoms with Gasteiger partial charge in [-0.15, -0.1) is 0 Å². The van der Waals surface area contributed by atoms with Crippen LogP contribution in [0.25, 0.3) is 11.0 Å². The fourth-order valence-corrected chi connectivity index (χ4v) is 3.48. The summed E-state index contributed by atoms with van der Waals surface area (Å²) in [6.45, 7) is 2.63. The molecule has 0 amide bonds. The van der Waals surface area contributed by atoms with Crippen LogP contribution < -0.4 is 0 Å². The predicted molar refractivity (Wildman–Crippen MR) is 93.4 cm³/mol. The van der Waals surface area contributed by atoms with Gasteiger partial charge in [0.25, 0.3) is 0 Å². The summed E-state index contributed by atoms with van der Waals surface area (Å²) in [5.41, 5.74) is 2.10. The molecule has 2 aromatic heterocycles. The average molecular weight is 339 g/mol. The lowest BCUT2D eigenvalue weighted by Crippen LogP contribution is -2.34. The number of ether oxygens (including phenoxy) is 1. The number of aromatic amines is 1. The number of rotatable bonds is 4. The Morgan fingerprint density at radius 3 is 3.08 bits per heavy atom. The van der Waals surface area contributed by atoms with Gasteiger partial charge in [-0.25, -0.2) is 9.78 Å². The molecule has 0 bridgehead atoms. The Bertz CT molecular complexity index is 850. The zero-order valence-electron chi connectivity index (χ0n) is 14.2. The van der Waals surface area contributed by atoms with Crippen LogP contribution in [0.5, 0.6) is 0 Å². The molecule has 4 rings (SSSR count). The molecule has 3 heterocycles. The molecule has 6 nitrogen and oxygen atoms in total. The Balaban J connectivity index is 1.45. The second-order valence-corrected chi connectivity index (χ2v) is 6.47. The van der Waals surface area contributed by atoms with Crippen LogP contribution in [0.4, 0.5) is 0 Å². The van der Waals surface area contributed by atoms with Gasteiger partial charge in [0.15, 0.2) is 0 Å². The highest BCUT2D eigenvalue weighted by molar-refractivity contribution is 5.86. The summed E-state index contributed by atoms with van der Waals surface area (Å²) in [7, 11) is 1.35. The van der Waals surface area contributed by atoms with Crippen LogP contribution >= 0.6 is 0 Å². The summed E-state index contributed by atoms with van der Waals surface area (Å²) < 4.78 is 10.3. The molecule has 1 aliphatic rings. The lowest BCUT2D eigenvalue weighted by Gasteiger charge is -2.31. The molecule has 0 radical (unpaired) electrons. The van der Waals surface area contributed by atoms with E-state index >= 15 is 0 Å². The number of nitrogens with zero attached hydrogens (tertiary/aromatic N) is 2. The van der Waals surface area contributed by atoms with Crippen molar-refractivity contribution in [1.82, 2.24) is 14.9 Å². The number of benzene rings is 1. The van der Waals surface area contributed by atoms with Gasteiger partial charge in [0.1, 0.15) is 11.6 Å². The molecule has 25 heavy (non-hydrogen) atoms. The standard InChI is InChI=1S/C19H21N3O3/c1-24-19(23)17-9-8-14(25-17)12-22-10-4-5-13(11-22)18-20-15-6-2-3-7-16(15)21-18/h2-3,6-9,13H,4-5,10-12H2,1H3,(H,20,21)/t13-/m1/s1. The number of carbonyl (C=O) groups excluding carboxylic acids is 1. The largest absolute Gasteiger partial charge is 0.463 e. The van der Waals surface area contributed by atoms with E-state index in [0.29, 0.717) is 12.5 Å². The van der Waals surface area contributed by atoms with E-state index < -0.39 is 5.97 Å². The number of esters is 1. The number of imidazole rings is 1. The van der Waals surface area contributed by atoms with Gasteiger partial charge in [0, 0.05) is 12.5 Å². The van der Waals surface area contributed by atoms with Gasteiger partial charge in [-0.2, -0.15) is 0 Å². The number of para-hydroxylation sites is 2. The molecular formula is C19H21N3O3. The molecule has 1 atom stereocenters. The van der Waals surface area contributed by atoms with Crippen LogP contribution in [0, 0.1) is 0 Å². The van der Waals surface area contributed by atoms with Crippen LogP contribution in [0.2, 0.25) is 0 Å². The van der Waals surface area contributed by atoms with Gasteiger partial charge >= 0.3 is 5.97 Å². The van der Waals surface area contributed by atoms with Gasteiger partial charge in [0.05, 0.1) is 24.7 Å². The fourth-order valence-electron chi connectivity index (χ4n) is 3.48. The molecule has 1 fully saturated rings. The minimum Gasteiger partial charge on any atom is -0.463 e. The number of aromatic nitrogens is 2. The number of piperidine rings is 1. The number of likely N-dealkylation sites (tertiary alicyclic amines) is 1. The first-order valence-electron chi connectivity index (χ1n) is 8.57. The Labute approximate surface area is 145 Å². The van der Waals surface area contributed by atoms with Crippen molar-refractivity contribution in [1.29, 1.82) is 0 Å². The Hall–Kier alpha value is -2.60. The lowest BCUT2D eigenvalue weighted by molar-refractivity contribution is 0.0560. The maximum atomic E-state index is 11.5. The normalized spacial score (nSPS) is 18.5. The Kier molecular flexibility index (Phi) is 4.28. The van der Waals surface area contributed by atoms with Crippen molar-refractivity contribution in [3.05, 3.63) is 53.7 Å². The van der Waals surface area contributed by atoms with Crippen molar-refractivity contribution >= 4 is 17.0 Å². The van der Waals surface area contributed by atoms with Crippen molar-refractivity contribution in [2.45, 2.75) is 25.3 Å². The molecule has 1 aromatic carbocycles. The van der Waals surface area contributed by atoms with Crippen LogP contribution in [0.3, 0.4) is 0 Å². The molecule has 0 saturated carbocycles. The van der Waals surface area contributed by atoms with Gasteiger partial charge in [0.2, 0.25) is 5.76 Å². The summed E-state index contributed by atoms with van der Waals surface area (Å²) in [5, 5.41) is 0. The van der Waals surface area contributed by atoms with E-state index in [0.717, 1.165) is 48.5 Å². The SMILES string of the molecule is COC(=O)c1ccc(CN2CCC[C@@H](c3nc4ccccc4[nH]3)C2)o1. The van der Waals surface area contributed by atoms with Crippen molar-refractivity contribution in [2.75, 3.05) is 20.2 Å². The van der Waals surface area contributed by atoms with Crippen molar-refractivity contribution < 1.29 is 13.9 Å². The van der Waals surface area contributed by atoms with Gasteiger partial charge < -0.3 is 14.1 Å². The van der Waals surface area contributed by atoms with E-state index in [2.05, 4.69) is 20.7 Å². The topological polar surface area (TPSA) is 71.4 Å². The highest BCUT2D eigenvalue weighted by Crippen LogP contribution is 2.27. The highest BCUT2D eigenvalue weighted by atomic mass is 16.5. The van der Waals surface area contributed by atoms with E-state index in [1.165, 1.54) is 7.11 Å². The first-order valence-corrected chi connectivity index (χ1v) is 8.57. The average Bonchev–Trinajstić information content (AvgIpc) is 3.28. The summed E-state index contributed by atoms with van der Waals surface area (Å²) in [6, 6.07) is 11.6. The lowest BCUT2D eigenvalue weighted by atomic mass is 9.97. The fraction of sp³-hybridized carbons (Fsp3) is 0.368. The molecule has 1 N–H and O–H groups in total. The van der Waals surface area contributed by atoms with E-state index in [1.807, 2.05) is 24.3 Å². The van der Waals surface area contributed by atoms with Crippen molar-refractivity contribution in [3.63, 3.8) is 0 Å². The molecule has 3 aromatic rings. The van der Waals surface area contributed by atoms with Crippen LogP contribution in [-0.4, -0.2) is 41.0 Å². The molecule has 6 heteroatoms. The maximum absolute atomic E-state index is 11.5. The zero-order valence-corrected chi connectivity index (χ0v) is 14.2. The van der Waals surface area contributed by atoms with Gasteiger partial charge in [-0.3, -0.25) is 4.90 Å². The molecule has 130 valence electrons. The number of methoxy groups -OCH3 is 1. The molecule has 1 aliphatic heterocycles. The second kappa shape index (κ2) is 6.72. The number of H-pyrrole nitrogens is 1. The van der Waals surface area contributed by atoms with E-state index in [9.17, 15) is 4.79 Å². The number of fused-ring (bicyclic) bond motifs is 1. The van der Waals surface area contributed by atoms with E-state index in [4.69, 9.17) is 9.40 Å². The molecule has 0 aliphatic carbocycles. The van der Waals surface area contributed by atoms with Gasteiger partial charge in [-0.05, 0) is 43.7 Å². The minimum absolute atomic E-state index is 0.253. The highest BCUT2D eigenvalue weighted by Gasteiger charge is 2.24. The third-order valence-corrected chi connectivity index (χ3v) is 4.73. The van der Waals surface area contributed by atoms with E-state index in [1.54, 1.807) is 6.07 Å². The summed E-state index contributed by atoms with van der Waals surface area (Å²) in [4.78, 5) is 22.1. The predicted octanol–water partition coefficient (Wildman–Crippen LogP) is 3.32. The zero-order chi connectivity index (χ0) is 17.2. The molecule has 0 spiro atoms. The third kappa shape index (κ3) is 3.30. The third-order valence-electron chi connectivity index (χ3n) is 4.73. The number of carbonyl (C=O) groups is 1. The van der Waals surface area contributed by atoms with Gasteiger partial charge in [-0.1, -0.05) is 12.1 Å². The van der Waals surface area contributed by atoms with Crippen molar-refractivity contribution in [3.8, 4) is 0 Å². The minimum atomic E-state index is -0.440. The molecule has 1 saturated heterocycles. The molecule has 0 unspecified atom stereocenters. The Morgan fingerprint density at radius 1 is 1.36 bits per heavy atom. The maximum Gasteiger partial charge on any atom is 0.373 e. The number of hydrogen-bond donors (Lipinski definition) is 1. The smallest absolute Gasteiger partial charge is 0.373 e. The van der Waals surface area contributed by atoms with Crippen LogP contribution in [0.1, 0.15) is 40.9 Å².